The fraction of sp³-hybridized carbons (Fsp3) is 0.235. The van der Waals surface area contributed by atoms with E-state index in [1.807, 2.05) is 37.3 Å². The van der Waals surface area contributed by atoms with Gasteiger partial charge >= 0.3 is 0 Å². The van der Waals surface area contributed by atoms with Crippen molar-refractivity contribution in [3.8, 4) is 5.75 Å². The molecule has 1 N–H and O–H groups in total. The third kappa shape index (κ3) is 8.18. The van der Waals surface area contributed by atoms with Gasteiger partial charge in [-0.2, -0.15) is 0 Å². The first-order valence-corrected chi connectivity index (χ1v) is 16.2. The van der Waals surface area contributed by atoms with Gasteiger partial charge in [-0.1, -0.05) is 84.4 Å². The lowest BCUT2D eigenvalue weighted by molar-refractivity contribution is -0.140. The summed E-state index contributed by atoms with van der Waals surface area (Å²) in [5.74, 6) is -0.583. The number of carbonyl (C=O) groups excluding carboxylic acids is 2. The number of para-hydroxylation sites is 2. The normalized spacial score (nSPS) is 11.8. The lowest BCUT2D eigenvalue weighted by Crippen LogP contribution is -2.53. The summed E-state index contributed by atoms with van der Waals surface area (Å²) in [6.45, 7) is 3.75. The monoisotopic (exact) mass is 633 g/mol. The molecule has 44 heavy (non-hydrogen) atoms. The van der Waals surface area contributed by atoms with Gasteiger partial charge in [0.05, 0.1) is 17.2 Å². The van der Waals surface area contributed by atoms with Gasteiger partial charge in [0, 0.05) is 24.5 Å². The third-order valence-corrected chi connectivity index (χ3v) is 8.96. The van der Waals surface area contributed by atoms with Crippen molar-refractivity contribution in [1.82, 2.24) is 10.2 Å². The number of hydrogen-bond donors (Lipinski definition) is 1. The molecule has 0 aliphatic carbocycles. The first-order valence-electron chi connectivity index (χ1n) is 14.4. The number of carbonyl (C=O) groups is 2. The van der Waals surface area contributed by atoms with E-state index in [0.717, 1.165) is 15.4 Å². The van der Waals surface area contributed by atoms with Crippen LogP contribution in [0.5, 0.6) is 5.75 Å². The fourth-order valence-electron chi connectivity index (χ4n) is 4.81. The zero-order valence-corrected chi connectivity index (χ0v) is 26.3. The van der Waals surface area contributed by atoms with Crippen LogP contribution in [0.3, 0.4) is 0 Å². The van der Waals surface area contributed by atoms with Crippen LogP contribution in [0.25, 0.3) is 0 Å². The molecule has 4 aromatic rings. The van der Waals surface area contributed by atoms with Gasteiger partial charge in [-0.3, -0.25) is 13.9 Å². The Balaban J connectivity index is 1.82. The summed E-state index contributed by atoms with van der Waals surface area (Å²) in [7, 11) is -4.23. The van der Waals surface area contributed by atoms with Crippen molar-refractivity contribution >= 4 is 39.1 Å². The Hall–Kier alpha value is -4.34. The van der Waals surface area contributed by atoms with Crippen LogP contribution in [0.15, 0.2) is 114 Å². The molecule has 0 radical (unpaired) electrons. The fourth-order valence-corrected chi connectivity index (χ4v) is 6.38. The Bertz CT molecular complexity index is 1630. The number of hydrogen-bond acceptors (Lipinski definition) is 5. The second-order valence-corrected chi connectivity index (χ2v) is 12.3. The number of ether oxygens (including phenoxy) is 1. The van der Waals surface area contributed by atoms with E-state index in [4.69, 9.17) is 16.3 Å². The molecule has 0 saturated carbocycles. The van der Waals surface area contributed by atoms with Crippen LogP contribution in [0.1, 0.15) is 25.0 Å². The number of nitrogens with one attached hydrogen (secondary N) is 1. The van der Waals surface area contributed by atoms with Crippen molar-refractivity contribution in [1.29, 1.82) is 0 Å². The number of anilines is 1. The standard InChI is InChI=1S/C34H36ClN3O5S/c1-3-36-34(40)31(23-26-13-7-5-8-14-26)37(24-27-19-21-28(35)22-20-27)33(39)25-38(30-17-11-12-18-32(30)43-4-2)44(41,42)29-15-9-6-10-16-29/h5-22,31H,3-4,23-25H2,1-2H3,(H,36,40)/t31-/m1/s1. The Morgan fingerprint density at radius 1 is 0.818 bits per heavy atom. The molecule has 10 heteroatoms. The molecule has 8 nitrogen and oxygen atoms in total. The summed E-state index contributed by atoms with van der Waals surface area (Å²) in [4.78, 5) is 29.5. The van der Waals surface area contributed by atoms with E-state index < -0.39 is 28.5 Å². The lowest BCUT2D eigenvalue weighted by atomic mass is 10.0. The topological polar surface area (TPSA) is 96.0 Å². The second-order valence-electron chi connectivity index (χ2n) is 9.97. The highest BCUT2D eigenvalue weighted by atomic mass is 35.5. The maximum absolute atomic E-state index is 14.5. The SMILES string of the molecule is CCNC(=O)[C@@H](Cc1ccccc1)N(Cc1ccc(Cl)cc1)C(=O)CN(c1ccccc1OCC)S(=O)(=O)c1ccccc1. The number of nitrogens with zero attached hydrogens (tertiary/aromatic N) is 2. The van der Waals surface area contributed by atoms with Gasteiger partial charge in [0.1, 0.15) is 18.3 Å². The minimum atomic E-state index is -4.23. The van der Waals surface area contributed by atoms with Crippen molar-refractivity contribution in [2.45, 2.75) is 37.8 Å². The van der Waals surface area contributed by atoms with Crippen LogP contribution in [0.2, 0.25) is 5.02 Å². The number of amides is 2. The highest BCUT2D eigenvalue weighted by Gasteiger charge is 2.35. The van der Waals surface area contributed by atoms with E-state index in [1.54, 1.807) is 73.7 Å². The van der Waals surface area contributed by atoms with Crippen LogP contribution in [-0.2, 0) is 32.6 Å². The molecule has 0 heterocycles. The smallest absolute Gasteiger partial charge is 0.264 e. The van der Waals surface area contributed by atoms with Crippen LogP contribution in [-0.4, -0.2) is 50.9 Å². The summed E-state index contributed by atoms with van der Waals surface area (Å²) in [5, 5.41) is 3.39. The van der Waals surface area contributed by atoms with E-state index in [2.05, 4.69) is 5.32 Å². The first kappa shape index (κ1) is 32.6. The van der Waals surface area contributed by atoms with Crippen molar-refractivity contribution in [3.63, 3.8) is 0 Å². The van der Waals surface area contributed by atoms with Gasteiger partial charge in [0.25, 0.3) is 10.0 Å². The molecule has 0 fully saturated rings. The summed E-state index contributed by atoms with van der Waals surface area (Å²) in [5.41, 5.74) is 1.81. The molecule has 1 atom stereocenters. The largest absolute Gasteiger partial charge is 0.492 e. The minimum Gasteiger partial charge on any atom is -0.492 e. The van der Waals surface area contributed by atoms with E-state index in [9.17, 15) is 18.0 Å². The van der Waals surface area contributed by atoms with E-state index in [0.29, 0.717) is 23.9 Å². The van der Waals surface area contributed by atoms with Crippen LogP contribution in [0, 0.1) is 0 Å². The Labute approximate surface area is 264 Å². The number of halogens is 1. The molecule has 4 rings (SSSR count). The van der Waals surface area contributed by atoms with E-state index >= 15 is 0 Å². The predicted molar refractivity (Wildman–Crippen MR) is 173 cm³/mol. The predicted octanol–water partition coefficient (Wildman–Crippen LogP) is 5.71. The van der Waals surface area contributed by atoms with Gasteiger partial charge in [-0.05, 0) is 61.4 Å². The number of likely N-dealkylation sites (N-methyl/N-ethyl adjacent to an activating group) is 1. The molecule has 0 spiro atoms. The molecule has 0 aromatic heterocycles. The molecular weight excluding hydrogens is 598 g/mol. The maximum atomic E-state index is 14.5. The minimum absolute atomic E-state index is 0.0212. The first-order chi connectivity index (χ1) is 21.2. The van der Waals surface area contributed by atoms with Crippen LogP contribution < -0.4 is 14.4 Å². The summed E-state index contributed by atoms with van der Waals surface area (Å²) < 4.78 is 35.1. The lowest BCUT2D eigenvalue weighted by Gasteiger charge is -2.34. The van der Waals surface area contributed by atoms with Gasteiger partial charge in [0.2, 0.25) is 11.8 Å². The number of benzene rings is 4. The average molecular weight is 634 g/mol. The van der Waals surface area contributed by atoms with Crippen molar-refractivity contribution < 1.29 is 22.7 Å². The summed E-state index contributed by atoms with van der Waals surface area (Å²) in [6, 6.07) is 30.1. The number of rotatable bonds is 14. The molecule has 2 amide bonds. The van der Waals surface area contributed by atoms with E-state index in [-0.39, 0.29) is 29.5 Å². The quantitative estimate of drug-likeness (QED) is 0.192. The third-order valence-electron chi connectivity index (χ3n) is 6.93. The molecule has 0 aliphatic heterocycles. The molecule has 4 aromatic carbocycles. The Morgan fingerprint density at radius 3 is 2.07 bits per heavy atom. The van der Waals surface area contributed by atoms with Crippen LogP contribution >= 0.6 is 11.6 Å². The molecule has 230 valence electrons. The highest BCUT2D eigenvalue weighted by molar-refractivity contribution is 7.92. The number of sulfonamides is 1. The second kappa shape index (κ2) is 15.4. The van der Waals surface area contributed by atoms with Gasteiger partial charge in [-0.25, -0.2) is 8.42 Å². The molecule has 0 saturated heterocycles. The highest BCUT2D eigenvalue weighted by Crippen LogP contribution is 2.33. The zero-order chi connectivity index (χ0) is 31.5. The summed E-state index contributed by atoms with van der Waals surface area (Å²) in [6.07, 6.45) is 0.229. The molecular formula is C34H36ClN3O5S. The average Bonchev–Trinajstić information content (AvgIpc) is 3.04. The maximum Gasteiger partial charge on any atom is 0.264 e. The van der Waals surface area contributed by atoms with Gasteiger partial charge < -0.3 is 15.0 Å². The molecule has 0 unspecified atom stereocenters. The van der Waals surface area contributed by atoms with Gasteiger partial charge in [0.15, 0.2) is 0 Å². The molecule has 0 aliphatic rings. The van der Waals surface area contributed by atoms with E-state index in [1.165, 1.54) is 17.0 Å². The van der Waals surface area contributed by atoms with Crippen molar-refractivity contribution in [2.24, 2.45) is 0 Å². The zero-order valence-electron chi connectivity index (χ0n) is 24.7. The Morgan fingerprint density at radius 2 is 1.43 bits per heavy atom. The van der Waals surface area contributed by atoms with Crippen molar-refractivity contribution in [3.05, 3.63) is 125 Å². The van der Waals surface area contributed by atoms with Crippen molar-refractivity contribution in [2.75, 3.05) is 24.0 Å². The summed E-state index contributed by atoms with van der Waals surface area (Å²) >= 11 is 6.13. The van der Waals surface area contributed by atoms with Crippen LogP contribution in [0.4, 0.5) is 5.69 Å². The van der Waals surface area contributed by atoms with Gasteiger partial charge in [-0.15, -0.1) is 0 Å². The molecule has 0 bridgehead atoms. The Kier molecular flexibility index (Phi) is 11.4.